The SMILES string of the molecule is CCC(CC)Cn1nc(OCc2ccccc2/C(=C\OC)C(=O)OC)c(C)c1Cl. The molecule has 0 radical (unpaired) electrons. The summed E-state index contributed by atoms with van der Waals surface area (Å²) in [5.41, 5.74) is 2.62. The minimum absolute atomic E-state index is 0.230. The van der Waals surface area contributed by atoms with E-state index in [0.717, 1.165) is 30.5 Å². The first-order valence-electron chi connectivity index (χ1n) is 9.71. The summed E-state index contributed by atoms with van der Waals surface area (Å²) in [5.74, 6) is 0.529. The first kappa shape index (κ1) is 22.8. The second-order valence-corrected chi connectivity index (χ2v) is 7.15. The van der Waals surface area contributed by atoms with Crippen molar-refractivity contribution in [3.05, 3.63) is 52.4 Å². The Morgan fingerprint density at radius 3 is 2.55 bits per heavy atom. The number of carbonyl (C=O) groups excluding carboxylic acids is 1. The highest BCUT2D eigenvalue weighted by molar-refractivity contribution is 6.30. The summed E-state index contributed by atoms with van der Waals surface area (Å²) < 4.78 is 17.7. The fourth-order valence-corrected chi connectivity index (χ4v) is 3.25. The summed E-state index contributed by atoms with van der Waals surface area (Å²) in [4.78, 5) is 12.1. The van der Waals surface area contributed by atoms with Gasteiger partial charge in [0, 0.05) is 12.1 Å². The maximum atomic E-state index is 12.1. The fourth-order valence-electron chi connectivity index (χ4n) is 3.06. The van der Waals surface area contributed by atoms with Crippen LogP contribution in [0.25, 0.3) is 5.57 Å². The predicted octanol–water partition coefficient (Wildman–Crippen LogP) is 5.02. The Morgan fingerprint density at radius 2 is 1.93 bits per heavy atom. The molecule has 0 bridgehead atoms. The van der Waals surface area contributed by atoms with Gasteiger partial charge in [-0.3, -0.25) is 0 Å². The van der Waals surface area contributed by atoms with Crippen molar-refractivity contribution in [1.82, 2.24) is 9.78 Å². The smallest absolute Gasteiger partial charge is 0.341 e. The van der Waals surface area contributed by atoms with Crippen LogP contribution in [0.3, 0.4) is 0 Å². The summed E-state index contributed by atoms with van der Waals surface area (Å²) in [6, 6.07) is 7.44. The van der Waals surface area contributed by atoms with Gasteiger partial charge in [0.1, 0.15) is 17.3 Å². The number of benzene rings is 1. The number of hydrogen-bond acceptors (Lipinski definition) is 5. The average Bonchev–Trinajstić information content (AvgIpc) is 3.01. The van der Waals surface area contributed by atoms with Gasteiger partial charge < -0.3 is 14.2 Å². The molecule has 0 saturated heterocycles. The molecule has 2 aromatic rings. The highest BCUT2D eigenvalue weighted by Crippen LogP contribution is 2.28. The molecule has 0 spiro atoms. The van der Waals surface area contributed by atoms with E-state index in [1.165, 1.54) is 20.5 Å². The molecule has 0 N–H and O–H groups in total. The van der Waals surface area contributed by atoms with Crippen LogP contribution in [0.2, 0.25) is 5.15 Å². The average molecular weight is 421 g/mol. The summed E-state index contributed by atoms with van der Waals surface area (Å²) in [5, 5.41) is 5.15. The molecule has 2 rings (SSSR count). The number of esters is 1. The molecule has 0 aliphatic heterocycles. The number of aromatic nitrogens is 2. The van der Waals surface area contributed by atoms with Gasteiger partial charge >= 0.3 is 5.97 Å². The molecule has 7 heteroatoms. The van der Waals surface area contributed by atoms with E-state index in [1.54, 1.807) is 4.68 Å². The maximum absolute atomic E-state index is 12.1. The topological polar surface area (TPSA) is 62.6 Å². The van der Waals surface area contributed by atoms with Crippen molar-refractivity contribution in [2.45, 2.75) is 46.8 Å². The van der Waals surface area contributed by atoms with E-state index in [4.69, 9.17) is 25.8 Å². The number of methoxy groups -OCH3 is 2. The van der Waals surface area contributed by atoms with Crippen LogP contribution in [0.5, 0.6) is 5.88 Å². The molecule has 0 aliphatic carbocycles. The predicted molar refractivity (Wildman–Crippen MR) is 114 cm³/mol. The number of halogens is 1. The van der Waals surface area contributed by atoms with Crippen LogP contribution < -0.4 is 4.74 Å². The largest absolute Gasteiger partial charge is 0.503 e. The first-order valence-corrected chi connectivity index (χ1v) is 10.1. The Labute approximate surface area is 177 Å². The molecule has 1 aromatic carbocycles. The van der Waals surface area contributed by atoms with Crippen LogP contribution in [-0.2, 0) is 27.4 Å². The zero-order valence-corrected chi connectivity index (χ0v) is 18.5. The fraction of sp³-hybridized carbons (Fsp3) is 0.455. The van der Waals surface area contributed by atoms with Crippen molar-refractivity contribution in [3.63, 3.8) is 0 Å². The van der Waals surface area contributed by atoms with Crippen LogP contribution in [0.1, 0.15) is 43.4 Å². The molecule has 29 heavy (non-hydrogen) atoms. The van der Waals surface area contributed by atoms with Gasteiger partial charge in [0.2, 0.25) is 5.88 Å². The normalized spacial score (nSPS) is 11.6. The highest BCUT2D eigenvalue weighted by Gasteiger charge is 2.19. The first-order chi connectivity index (χ1) is 14.0. The summed E-state index contributed by atoms with van der Waals surface area (Å²) in [6.07, 6.45) is 3.51. The number of rotatable bonds is 10. The number of nitrogens with zero attached hydrogens (tertiary/aromatic N) is 2. The lowest BCUT2D eigenvalue weighted by Gasteiger charge is -2.13. The van der Waals surface area contributed by atoms with Crippen molar-refractivity contribution < 1.29 is 19.0 Å². The third-order valence-electron chi connectivity index (χ3n) is 4.97. The Morgan fingerprint density at radius 1 is 1.24 bits per heavy atom. The van der Waals surface area contributed by atoms with Gasteiger partial charge in [-0.15, -0.1) is 5.10 Å². The lowest BCUT2D eigenvalue weighted by molar-refractivity contribution is -0.133. The van der Waals surface area contributed by atoms with Gasteiger partial charge in [-0.1, -0.05) is 62.6 Å². The standard InChI is InChI=1S/C22H29ClN2O4/c1-6-16(7-2)12-25-20(23)15(3)21(24-25)29-13-17-10-8-9-11-18(17)19(14-27-4)22(26)28-5/h8-11,14,16H,6-7,12-13H2,1-5H3/b19-14+. The van der Waals surface area contributed by atoms with Gasteiger partial charge in [-0.05, 0) is 24.0 Å². The molecule has 0 unspecified atom stereocenters. The molecule has 1 heterocycles. The van der Waals surface area contributed by atoms with Crippen LogP contribution in [0, 0.1) is 12.8 Å². The summed E-state index contributed by atoms with van der Waals surface area (Å²) >= 11 is 6.47. The van der Waals surface area contributed by atoms with E-state index < -0.39 is 5.97 Å². The number of hydrogen-bond donors (Lipinski definition) is 0. The number of ether oxygens (including phenoxy) is 3. The van der Waals surface area contributed by atoms with Crippen molar-refractivity contribution in [1.29, 1.82) is 0 Å². The maximum Gasteiger partial charge on any atom is 0.341 e. The zero-order chi connectivity index (χ0) is 21.4. The van der Waals surface area contributed by atoms with Crippen LogP contribution in [-0.4, -0.2) is 30.0 Å². The Kier molecular flexibility index (Phi) is 8.58. The van der Waals surface area contributed by atoms with Crippen molar-refractivity contribution in [3.8, 4) is 5.88 Å². The molecule has 1 aromatic heterocycles. The molecule has 0 amide bonds. The lowest BCUT2D eigenvalue weighted by Crippen LogP contribution is -2.11. The molecule has 0 saturated carbocycles. The molecule has 6 nitrogen and oxygen atoms in total. The monoisotopic (exact) mass is 420 g/mol. The Bertz CT molecular complexity index is 856. The van der Waals surface area contributed by atoms with Crippen LogP contribution in [0.15, 0.2) is 30.5 Å². The second kappa shape index (κ2) is 10.9. The molecule has 0 atom stereocenters. The quantitative estimate of drug-likeness (QED) is 0.307. The van der Waals surface area contributed by atoms with Gasteiger partial charge in [0.25, 0.3) is 0 Å². The molecular formula is C22H29ClN2O4. The number of carbonyl (C=O) groups is 1. The van der Waals surface area contributed by atoms with Crippen LogP contribution in [0.4, 0.5) is 0 Å². The molecule has 0 fully saturated rings. The van der Waals surface area contributed by atoms with E-state index >= 15 is 0 Å². The minimum Gasteiger partial charge on any atom is -0.503 e. The van der Waals surface area contributed by atoms with E-state index in [0.29, 0.717) is 28.1 Å². The third-order valence-corrected chi connectivity index (χ3v) is 5.45. The van der Waals surface area contributed by atoms with Crippen LogP contribution >= 0.6 is 11.6 Å². The van der Waals surface area contributed by atoms with E-state index in [9.17, 15) is 4.79 Å². The van der Waals surface area contributed by atoms with Crippen molar-refractivity contribution in [2.24, 2.45) is 5.92 Å². The highest BCUT2D eigenvalue weighted by atomic mass is 35.5. The molecule has 0 aliphatic rings. The van der Waals surface area contributed by atoms with Gasteiger partial charge in [0.15, 0.2) is 0 Å². The zero-order valence-electron chi connectivity index (χ0n) is 17.7. The van der Waals surface area contributed by atoms with E-state index in [-0.39, 0.29) is 6.61 Å². The lowest BCUT2D eigenvalue weighted by atomic mass is 10.0. The van der Waals surface area contributed by atoms with Crippen molar-refractivity contribution >= 4 is 23.1 Å². The third kappa shape index (κ3) is 5.54. The second-order valence-electron chi connectivity index (χ2n) is 6.79. The van der Waals surface area contributed by atoms with Crippen molar-refractivity contribution in [2.75, 3.05) is 14.2 Å². The van der Waals surface area contributed by atoms with E-state index in [2.05, 4.69) is 18.9 Å². The molecule has 158 valence electrons. The Hall–Kier alpha value is -2.47. The van der Waals surface area contributed by atoms with Gasteiger partial charge in [0.05, 0.1) is 20.5 Å². The minimum atomic E-state index is -0.479. The molecular weight excluding hydrogens is 392 g/mol. The van der Waals surface area contributed by atoms with Gasteiger partial charge in [-0.2, -0.15) is 0 Å². The summed E-state index contributed by atoms with van der Waals surface area (Å²) in [6.45, 7) is 7.21. The van der Waals surface area contributed by atoms with Gasteiger partial charge in [-0.25, -0.2) is 9.48 Å². The Balaban J connectivity index is 2.25. The van der Waals surface area contributed by atoms with E-state index in [1.807, 2.05) is 31.2 Å². The summed E-state index contributed by atoms with van der Waals surface area (Å²) in [7, 11) is 2.82.